The number of hydrogen-bond acceptors (Lipinski definition) is 4. The topological polar surface area (TPSA) is 66.4 Å². The van der Waals surface area contributed by atoms with E-state index < -0.39 is 12.0 Å². The van der Waals surface area contributed by atoms with Gasteiger partial charge in [-0.3, -0.25) is 4.79 Å². The van der Waals surface area contributed by atoms with E-state index >= 15 is 0 Å². The molecule has 6 heteroatoms. The summed E-state index contributed by atoms with van der Waals surface area (Å²) in [6.07, 6.45) is 0.926. The Labute approximate surface area is 160 Å². The quantitative estimate of drug-likeness (QED) is 0.563. The fourth-order valence-corrected chi connectivity index (χ4v) is 4.06. The number of carboxylic acid groups (broad SMARTS) is 1. The molecule has 0 aliphatic rings. The van der Waals surface area contributed by atoms with Crippen molar-refractivity contribution in [1.29, 1.82) is 0 Å². The Balaban J connectivity index is 2.81. The summed E-state index contributed by atoms with van der Waals surface area (Å²) in [6, 6.07) is 9.21. The number of carbonyl (C=O) groups excluding carboxylic acids is 1. The normalized spacial score (nSPS) is 15.2. The summed E-state index contributed by atoms with van der Waals surface area (Å²) < 4.78 is 0. The zero-order valence-electron chi connectivity index (χ0n) is 15.4. The molecule has 0 fully saturated rings. The summed E-state index contributed by atoms with van der Waals surface area (Å²) in [5.41, 5.74) is 1.30. The number of rotatable bonds is 9. The summed E-state index contributed by atoms with van der Waals surface area (Å²) in [4.78, 5) is 23.5. The van der Waals surface area contributed by atoms with Gasteiger partial charge in [0.25, 0.3) is 0 Å². The molecule has 3 atom stereocenters. The van der Waals surface area contributed by atoms with Crippen LogP contribution in [0.2, 0.25) is 0 Å². The van der Waals surface area contributed by atoms with Crippen molar-refractivity contribution in [3.63, 3.8) is 0 Å². The van der Waals surface area contributed by atoms with E-state index in [4.69, 9.17) is 0 Å². The van der Waals surface area contributed by atoms with Crippen molar-refractivity contribution in [2.45, 2.75) is 45.4 Å². The number of carboxylic acids is 1. The molecule has 140 valence electrons. The van der Waals surface area contributed by atoms with Crippen molar-refractivity contribution in [3.8, 4) is 0 Å². The Bertz CT molecular complexity index is 558. The van der Waals surface area contributed by atoms with Crippen molar-refractivity contribution in [2.75, 3.05) is 11.5 Å². The Morgan fingerprint density at radius 3 is 2.32 bits per heavy atom. The summed E-state index contributed by atoms with van der Waals surface area (Å²) in [7, 11) is 0. The van der Waals surface area contributed by atoms with E-state index in [0.29, 0.717) is 11.5 Å². The van der Waals surface area contributed by atoms with Gasteiger partial charge in [0.1, 0.15) is 6.04 Å². The van der Waals surface area contributed by atoms with Crippen LogP contribution in [0.3, 0.4) is 0 Å². The molecule has 0 saturated heterocycles. The Morgan fingerprint density at radius 1 is 1.24 bits per heavy atom. The van der Waals surface area contributed by atoms with Crippen LogP contribution in [0, 0.1) is 11.3 Å². The van der Waals surface area contributed by atoms with Crippen LogP contribution in [0.15, 0.2) is 30.3 Å². The number of thiol groups is 1. The van der Waals surface area contributed by atoms with Crippen LogP contribution in [0.25, 0.3) is 0 Å². The minimum atomic E-state index is -1.00. The van der Waals surface area contributed by atoms with E-state index in [1.165, 1.54) is 5.56 Å². The minimum absolute atomic E-state index is 0.121. The zero-order valence-corrected chi connectivity index (χ0v) is 17.1. The third kappa shape index (κ3) is 8.19. The zero-order chi connectivity index (χ0) is 19.0. The van der Waals surface area contributed by atoms with Gasteiger partial charge < -0.3 is 10.4 Å². The SMILES string of the molecule is C[C@@H](CS)C(=O)N[C@@H](CS[C@H](CC(C)(C)C)c1ccccc1)C(=O)O. The number of carbonyl (C=O) groups is 2. The highest BCUT2D eigenvalue weighted by atomic mass is 32.2. The van der Waals surface area contributed by atoms with Crippen molar-refractivity contribution in [1.82, 2.24) is 5.32 Å². The molecule has 2 N–H and O–H groups in total. The highest BCUT2D eigenvalue weighted by Crippen LogP contribution is 2.39. The van der Waals surface area contributed by atoms with Gasteiger partial charge in [0.05, 0.1) is 0 Å². The second-order valence-corrected chi connectivity index (χ2v) is 9.08. The van der Waals surface area contributed by atoms with E-state index in [1.54, 1.807) is 18.7 Å². The predicted molar refractivity (Wildman–Crippen MR) is 108 cm³/mol. The van der Waals surface area contributed by atoms with Crippen molar-refractivity contribution < 1.29 is 14.7 Å². The third-order valence-corrected chi connectivity index (χ3v) is 5.68. The fourth-order valence-electron chi connectivity index (χ4n) is 2.28. The van der Waals surface area contributed by atoms with Crippen molar-refractivity contribution in [2.24, 2.45) is 11.3 Å². The van der Waals surface area contributed by atoms with Gasteiger partial charge in [0.2, 0.25) is 5.91 Å². The fraction of sp³-hybridized carbons (Fsp3) is 0.579. The average Bonchev–Trinajstić information content (AvgIpc) is 2.55. The average molecular weight is 384 g/mol. The Morgan fingerprint density at radius 2 is 1.84 bits per heavy atom. The standard InChI is InChI=1S/C19H29NO3S2/c1-13(11-24)17(21)20-15(18(22)23)12-25-16(10-19(2,3)4)14-8-6-5-7-9-14/h5-9,13,15-16,24H,10-12H2,1-4H3,(H,20,21)(H,22,23)/t13-,15-,16+/m0/s1. The van der Waals surface area contributed by atoms with E-state index in [0.717, 1.165) is 6.42 Å². The number of amides is 1. The van der Waals surface area contributed by atoms with Gasteiger partial charge in [-0.15, -0.1) is 0 Å². The van der Waals surface area contributed by atoms with Crippen LogP contribution in [-0.2, 0) is 9.59 Å². The Kier molecular flexibility index (Phi) is 8.86. The molecule has 1 aromatic carbocycles. The first-order valence-corrected chi connectivity index (χ1v) is 10.1. The summed E-state index contributed by atoms with van der Waals surface area (Å²) >= 11 is 5.68. The van der Waals surface area contributed by atoms with Crippen LogP contribution < -0.4 is 5.32 Å². The van der Waals surface area contributed by atoms with Crippen LogP contribution in [0.4, 0.5) is 0 Å². The Hall–Kier alpha value is -1.14. The highest BCUT2D eigenvalue weighted by Gasteiger charge is 2.26. The summed E-state index contributed by atoms with van der Waals surface area (Å²) in [5, 5.41) is 12.3. The molecule has 0 aromatic heterocycles. The van der Waals surface area contributed by atoms with Gasteiger partial charge in [-0.25, -0.2) is 4.79 Å². The number of hydrogen-bond donors (Lipinski definition) is 3. The van der Waals surface area contributed by atoms with Crippen molar-refractivity contribution >= 4 is 36.3 Å². The molecule has 0 saturated carbocycles. The lowest BCUT2D eigenvalue weighted by molar-refractivity contribution is -0.141. The predicted octanol–water partition coefficient (Wildman–Crippen LogP) is 4.03. The third-order valence-electron chi connectivity index (χ3n) is 3.77. The minimum Gasteiger partial charge on any atom is -0.480 e. The second-order valence-electron chi connectivity index (χ2n) is 7.48. The van der Waals surface area contributed by atoms with Gasteiger partial charge in [-0.1, -0.05) is 58.0 Å². The molecular weight excluding hydrogens is 354 g/mol. The van der Waals surface area contributed by atoms with E-state index in [1.807, 2.05) is 18.2 Å². The molecular formula is C19H29NO3S2. The van der Waals surface area contributed by atoms with Gasteiger partial charge in [-0.05, 0) is 17.4 Å². The lowest BCUT2D eigenvalue weighted by atomic mass is 9.88. The maximum Gasteiger partial charge on any atom is 0.327 e. The van der Waals surface area contributed by atoms with Crippen LogP contribution in [-0.4, -0.2) is 34.5 Å². The maximum atomic E-state index is 12.0. The second kappa shape index (κ2) is 10.1. The largest absolute Gasteiger partial charge is 0.480 e. The molecule has 25 heavy (non-hydrogen) atoms. The number of thioether (sulfide) groups is 1. The lowest BCUT2D eigenvalue weighted by Gasteiger charge is -2.27. The maximum absolute atomic E-state index is 12.0. The molecule has 1 amide bonds. The monoisotopic (exact) mass is 383 g/mol. The van der Waals surface area contributed by atoms with E-state index in [9.17, 15) is 14.7 Å². The van der Waals surface area contributed by atoms with E-state index in [-0.39, 0.29) is 22.5 Å². The highest BCUT2D eigenvalue weighted by molar-refractivity contribution is 7.99. The molecule has 0 spiro atoms. The number of nitrogens with one attached hydrogen (secondary N) is 1. The molecule has 0 radical (unpaired) electrons. The summed E-state index contributed by atoms with van der Waals surface area (Å²) in [6.45, 7) is 8.26. The molecule has 0 heterocycles. The molecule has 1 aromatic rings. The van der Waals surface area contributed by atoms with Gasteiger partial charge in [0.15, 0.2) is 0 Å². The summed E-state index contributed by atoms with van der Waals surface area (Å²) in [5.74, 6) is -0.864. The molecule has 0 aliphatic carbocycles. The first kappa shape index (κ1) is 21.9. The number of aliphatic carboxylic acids is 1. The van der Waals surface area contributed by atoms with Crippen LogP contribution >= 0.6 is 24.4 Å². The molecule has 1 rings (SSSR count). The molecule has 0 aliphatic heterocycles. The smallest absolute Gasteiger partial charge is 0.327 e. The first-order chi connectivity index (χ1) is 11.6. The van der Waals surface area contributed by atoms with Gasteiger partial charge in [-0.2, -0.15) is 24.4 Å². The molecule has 0 bridgehead atoms. The van der Waals surface area contributed by atoms with Gasteiger partial charge >= 0.3 is 5.97 Å². The molecule has 0 unspecified atom stereocenters. The lowest BCUT2D eigenvalue weighted by Crippen LogP contribution is -2.45. The molecule has 4 nitrogen and oxygen atoms in total. The van der Waals surface area contributed by atoms with Crippen LogP contribution in [0.1, 0.15) is 44.9 Å². The van der Waals surface area contributed by atoms with Crippen LogP contribution in [0.5, 0.6) is 0 Å². The number of benzene rings is 1. The van der Waals surface area contributed by atoms with Gasteiger partial charge in [0, 0.05) is 22.7 Å². The van der Waals surface area contributed by atoms with Crippen molar-refractivity contribution in [3.05, 3.63) is 35.9 Å². The first-order valence-electron chi connectivity index (χ1n) is 8.44. The van der Waals surface area contributed by atoms with E-state index in [2.05, 4.69) is 50.8 Å².